The minimum Gasteiger partial charge on any atom is -0.325 e. The zero-order chi connectivity index (χ0) is 9.90. The first-order valence-electron chi connectivity index (χ1n) is 4.70. The van der Waals surface area contributed by atoms with Crippen LogP contribution in [0.25, 0.3) is 0 Å². The van der Waals surface area contributed by atoms with Crippen molar-refractivity contribution in [1.82, 2.24) is 10.9 Å². The largest absolute Gasteiger partial charge is 0.325 e. The Kier molecular flexibility index (Phi) is 3.09. The Morgan fingerprint density at radius 1 is 1.46 bits per heavy atom. The lowest BCUT2D eigenvalue weighted by atomic mass is 9.89. The summed E-state index contributed by atoms with van der Waals surface area (Å²) in [6, 6.07) is 0. The van der Waals surface area contributed by atoms with E-state index in [0.717, 1.165) is 18.5 Å². The first-order valence-corrected chi connectivity index (χ1v) is 4.70. The maximum atomic E-state index is 11.0. The Hall–Kier alpha value is -0.830. The molecule has 0 spiro atoms. The van der Waals surface area contributed by atoms with Crippen LogP contribution in [0.4, 0.5) is 0 Å². The van der Waals surface area contributed by atoms with E-state index in [0.29, 0.717) is 12.0 Å². The van der Waals surface area contributed by atoms with Gasteiger partial charge in [-0.15, -0.1) is 0 Å². The fourth-order valence-electron chi connectivity index (χ4n) is 1.17. The highest BCUT2D eigenvalue weighted by atomic mass is 16.1. The van der Waals surface area contributed by atoms with Crippen LogP contribution in [0.15, 0.2) is 11.8 Å². The van der Waals surface area contributed by atoms with Gasteiger partial charge in [0.25, 0.3) is 0 Å². The molecule has 0 aromatic carbocycles. The van der Waals surface area contributed by atoms with Crippen molar-refractivity contribution in [3.05, 3.63) is 11.8 Å². The third-order valence-electron chi connectivity index (χ3n) is 1.99. The number of ketones is 1. The monoisotopic (exact) mass is 182 g/mol. The van der Waals surface area contributed by atoms with Gasteiger partial charge in [-0.05, 0) is 18.3 Å². The molecule has 1 aliphatic heterocycles. The molecule has 74 valence electrons. The molecule has 0 atom stereocenters. The Balaban J connectivity index is 2.41. The van der Waals surface area contributed by atoms with Gasteiger partial charge in [0.2, 0.25) is 0 Å². The molecule has 0 radical (unpaired) electrons. The van der Waals surface area contributed by atoms with Crippen molar-refractivity contribution in [1.29, 1.82) is 0 Å². The molecule has 0 aromatic heterocycles. The van der Waals surface area contributed by atoms with E-state index in [-0.39, 0.29) is 5.78 Å². The Labute approximate surface area is 79.6 Å². The first-order chi connectivity index (χ1) is 5.97. The summed E-state index contributed by atoms with van der Waals surface area (Å²) in [6.45, 7) is 7.00. The Morgan fingerprint density at radius 2 is 2.15 bits per heavy atom. The van der Waals surface area contributed by atoms with Crippen LogP contribution in [-0.4, -0.2) is 12.3 Å². The topological polar surface area (TPSA) is 41.1 Å². The van der Waals surface area contributed by atoms with Gasteiger partial charge in [0.1, 0.15) is 0 Å². The zero-order valence-electron chi connectivity index (χ0n) is 8.61. The molecule has 3 heteroatoms. The molecule has 0 unspecified atom stereocenters. The summed E-state index contributed by atoms with van der Waals surface area (Å²) < 4.78 is 0. The summed E-state index contributed by atoms with van der Waals surface area (Å²) in [6.07, 6.45) is 3.71. The highest BCUT2D eigenvalue weighted by Gasteiger charge is 2.13. The molecule has 0 saturated carbocycles. The van der Waals surface area contributed by atoms with Crippen LogP contribution >= 0.6 is 0 Å². The van der Waals surface area contributed by atoms with Gasteiger partial charge in [0.05, 0.1) is 6.54 Å². The molecular weight excluding hydrogens is 164 g/mol. The minimum atomic E-state index is 0.155. The number of hydrogen-bond donors (Lipinski definition) is 2. The van der Waals surface area contributed by atoms with E-state index in [4.69, 9.17) is 0 Å². The summed E-state index contributed by atoms with van der Waals surface area (Å²) in [5.41, 5.74) is 7.19. The third-order valence-corrected chi connectivity index (χ3v) is 1.99. The maximum Gasteiger partial charge on any atom is 0.173 e. The van der Waals surface area contributed by atoms with Crippen molar-refractivity contribution in [3.63, 3.8) is 0 Å². The van der Waals surface area contributed by atoms with Crippen LogP contribution in [-0.2, 0) is 4.79 Å². The second-order valence-corrected chi connectivity index (χ2v) is 4.68. The minimum absolute atomic E-state index is 0.155. The normalized spacial score (nSPS) is 18.1. The predicted octanol–water partition coefficient (Wildman–Crippen LogP) is 1.37. The van der Waals surface area contributed by atoms with Crippen LogP contribution in [0.3, 0.4) is 0 Å². The van der Waals surface area contributed by atoms with Gasteiger partial charge in [-0.1, -0.05) is 20.8 Å². The Bertz CT molecular complexity index is 226. The lowest BCUT2D eigenvalue weighted by Crippen LogP contribution is -2.39. The van der Waals surface area contributed by atoms with Crippen molar-refractivity contribution in [2.24, 2.45) is 5.41 Å². The van der Waals surface area contributed by atoms with Gasteiger partial charge in [0.15, 0.2) is 5.78 Å². The number of hydrazine groups is 1. The van der Waals surface area contributed by atoms with E-state index in [1.54, 1.807) is 6.08 Å². The number of nitrogens with one attached hydrogen (secondary N) is 2. The summed E-state index contributed by atoms with van der Waals surface area (Å²) in [5, 5.41) is 0. The van der Waals surface area contributed by atoms with Gasteiger partial charge in [0, 0.05) is 11.8 Å². The number of allylic oxidation sites excluding steroid dienone is 1. The van der Waals surface area contributed by atoms with Gasteiger partial charge in [-0.2, -0.15) is 0 Å². The second-order valence-electron chi connectivity index (χ2n) is 4.68. The van der Waals surface area contributed by atoms with E-state index >= 15 is 0 Å². The summed E-state index contributed by atoms with van der Waals surface area (Å²) in [5.74, 6) is 0.155. The van der Waals surface area contributed by atoms with Crippen LogP contribution < -0.4 is 10.9 Å². The van der Waals surface area contributed by atoms with Crippen LogP contribution in [0.5, 0.6) is 0 Å². The summed E-state index contributed by atoms with van der Waals surface area (Å²) >= 11 is 0. The molecule has 0 fully saturated rings. The van der Waals surface area contributed by atoms with Crippen LogP contribution in [0.1, 0.15) is 33.6 Å². The first kappa shape index (κ1) is 10.3. The molecule has 0 saturated heterocycles. The van der Waals surface area contributed by atoms with Gasteiger partial charge in [-0.25, -0.2) is 5.43 Å². The van der Waals surface area contributed by atoms with Crippen molar-refractivity contribution in [2.75, 3.05) is 6.54 Å². The molecule has 13 heavy (non-hydrogen) atoms. The van der Waals surface area contributed by atoms with Crippen molar-refractivity contribution >= 4 is 5.78 Å². The summed E-state index contributed by atoms with van der Waals surface area (Å²) in [7, 11) is 0. The van der Waals surface area contributed by atoms with Gasteiger partial charge >= 0.3 is 0 Å². The lowest BCUT2D eigenvalue weighted by molar-refractivity contribution is -0.114. The van der Waals surface area contributed by atoms with Gasteiger partial charge in [-0.3, -0.25) is 4.79 Å². The molecule has 0 aliphatic carbocycles. The highest BCUT2D eigenvalue weighted by Crippen LogP contribution is 2.22. The number of hydrogen-bond acceptors (Lipinski definition) is 3. The highest BCUT2D eigenvalue weighted by molar-refractivity contribution is 5.92. The molecule has 0 amide bonds. The maximum absolute atomic E-state index is 11.0. The molecule has 2 N–H and O–H groups in total. The Morgan fingerprint density at radius 3 is 2.69 bits per heavy atom. The fourth-order valence-corrected chi connectivity index (χ4v) is 1.17. The van der Waals surface area contributed by atoms with Crippen LogP contribution in [0.2, 0.25) is 0 Å². The van der Waals surface area contributed by atoms with E-state index in [1.165, 1.54) is 0 Å². The van der Waals surface area contributed by atoms with Crippen LogP contribution in [0, 0.1) is 5.41 Å². The van der Waals surface area contributed by atoms with Crippen molar-refractivity contribution in [3.8, 4) is 0 Å². The fraction of sp³-hybridized carbons (Fsp3) is 0.700. The van der Waals surface area contributed by atoms with E-state index in [9.17, 15) is 4.79 Å². The van der Waals surface area contributed by atoms with Crippen molar-refractivity contribution in [2.45, 2.75) is 33.6 Å². The molecule has 1 aliphatic rings. The third kappa shape index (κ3) is 4.08. The number of carbonyl (C=O) groups excluding carboxylic acids is 1. The SMILES string of the molecule is CC(C)(C)CCC1=CC(=O)CNN1. The quantitative estimate of drug-likeness (QED) is 0.677. The second kappa shape index (κ2) is 3.92. The zero-order valence-corrected chi connectivity index (χ0v) is 8.61. The van der Waals surface area contributed by atoms with Gasteiger partial charge < -0.3 is 5.43 Å². The average molecular weight is 182 g/mol. The predicted molar refractivity (Wildman–Crippen MR) is 52.9 cm³/mol. The molecule has 1 rings (SSSR count). The summed E-state index contributed by atoms with van der Waals surface area (Å²) in [4.78, 5) is 11.0. The smallest absolute Gasteiger partial charge is 0.173 e. The standard InChI is InChI=1S/C10H18N2O/c1-10(2,3)5-4-8-6-9(13)7-11-12-8/h6,11-12H,4-5,7H2,1-3H3. The molecule has 1 heterocycles. The lowest BCUT2D eigenvalue weighted by Gasteiger charge is -2.21. The molecule has 0 bridgehead atoms. The van der Waals surface area contributed by atoms with E-state index in [1.807, 2.05) is 0 Å². The number of rotatable bonds is 2. The van der Waals surface area contributed by atoms with E-state index < -0.39 is 0 Å². The van der Waals surface area contributed by atoms with Crippen molar-refractivity contribution < 1.29 is 4.79 Å². The molecule has 3 nitrogen and oxygen atoms in total. The average Bonchev–Trinajstić information content (AvgIpc) is 2.00. The molecule has 0 aromatic rings. The van der Waals surface area contributed by atoms with E-state index in [2.05, 4.69) is 31.6 Å². The number of carbonyl (C=O) groups is 1. The molecular formula is C10H18N2O.